The summed E-state index contributed by atoms with van der Waals surface area (Å²) in [4.78, 5) is 2.58. The van der Waals surface area contributed by atoms with Gasteiger partial charge in [0.2, 0.25) is 0 Å². The van der Waals surface area contributed by atoms with Crippen LogP contribution in [0.1, 0.15) is 33.4 Å². The summed E-state index contributed by atoms with van der Waals surface area (Å²) < 4.78 is 0. The van der Waals surface area contributed by atoms with Crippen molar-refractivity contribution in [3.8, 4) is 33.4 Å². The van der Waals surface area contributed by atoms with E-state index >= 15 is 0 Å². The summed E-state index contributed by atoms with van der Waals surface area (Å²) in [6.45, 7) is 4.49. The van der Waals surface area contributed by atoms with Crippen LogP contribution in [0.3, 0.4) is 0 Å². The maximum atomic E-state index is 3.93. The standard InChI is InChI=1S/C61H44BN2/c1-40-18-16-19-41(2)58(40)46-37-51(50-36-44-22-12-13-23-45(44)38-55(50)63-49-34-32-43(33-35-49)42-20-6-3-7-21-42)59-57(39-46)64-56-31-15-14-28-52(56)61(47-24-8-4-9-25-47,48-26-10-5-11-27-48)53-29-17-30-54(62-59)60(53)64/h3-39,63H,1-2H3. The summed E-state index contributed by atoms with van der Waals surface area (Å²) in [7, 11) is 2.46. The first-order chi connectivity index (χ1) is 31.6. The van der Waals surface area contributed by atoms with E-state index < -0.39 is 5.41 Å². The number of para-hydroxylation sites is 2. The highest BCUT2D eigenvalue weighted by Gasteiger charge is 2.48. The molecule has 0 saturated heterocycles. The minimum absolute atomic E-state index is 0.551. The maximum Gasteiger partial charge on any atom is 0.197 e. The van der Waals surface area contributed by atoms with Gasteiger partial charge in [-0.3, -0.25) is 0 Å². The van der Waals surface area contributed by atoms with Gasteiger partial charge >= 0.3 is 0 Å². The Kier molecular flexibility index (Phi) is 8.98. The molecule has 0 fully saturated rings. The predicted octanol–water partition coefficient (Wildman–Crippen LogP) is 14.3. The van der Waals surface area contributed by atoms with E-state index in [1.54, 1.807) is 0 Å². The lowest BCUT2D eigenvalue weighted by Gasteiger charge is -2.49. The van der Waals surface area contributed by atoms with Crippen molar-refractivity contribution in [2.45, 2.75) is 19.3 Å². The highest BCUT2D eigenvalue weighted by molar-refractivity contribution is 6.73. The second kappa shape index (κ2) is 15.2. The van der Waals surface area contributed by atoms with E-state index in [0.717, 1.165) is 16.9 Å². The Morgan fingerprint density at radius 2 is 1.02 bits per heavy atom. The summed E-state index contributed by atoms with van der Waals surface area (Å²) in [6, 6.07) is 82.6. The molecule has 64 heavy (non-hydrogen) atoms. The van der Waals surface area contributed by atoms with Crippen LogP contribution in [0, 0.1) is 13.8 Å². The van der Waals surface area contributed by atoms with Crippen molar-refractivity contribution >= 4 is 57.4 Å². The zero-order chi connectivity index (χ0) is 42.8. The van der Waals surface area contributed by atoms with Crippen molar-refractivity contribution in [2.75, 3.05) is 10.2 Å². The summed E-state index contributed by atoms with van der Waals surface area (Å²) >= 11 is 0. The first kappa shape index (κ1) is 37.9. The van der Waals surface area contributed by atoms with Gasteiger partial charge in [-0.05, 0) is 134 Å². The Labute approximate surface area is 376 Å². The van der Waals surface area contributed by atoms with Crippen molar-refractivity contribution in [1.29, 1.82) is 0 Å². The highest BCUT2D eigenvalue weighted by Crippen LogP contribution is 2.58. The molecule has 2 aliphatic heterocycles. The average Bonchev–Trinajstić information content (AvgIpc) is 3.35. The predicted molar refractivity (Wildman–Crippen MR) is 271 cm³/mol. The second-order valence-electron chi connectivity index (χ2n) is 17.3. The number of aryl methyl sites for hydroxylation is 2. The topological polar surface area (TPSA) is 15.3 Å². The fourth-order valence-electron chi connectivity index (χ4n) is 10.8. The molecule has 0 aliphatic carbocycles. The fraction of sp³-hybridized carbons (Fsp3) is 0.0492. The van der Waals surface area contributed by atoms with Gasteiger partial charge in [0, 0.05) is 28.3 Å². The van der Waals surface area contributed by atoms with Gasteiger partial charge < -0.3 is 10.2 Å². The van der Waals surface area contributed by atoms with E-state index in [0.29, 0.717) is 0 Å². The molecule has 1 N–H and O–H groups in total. The minimum atomic E-state index is -0.551. The second-order valence-corrected chi connectivity index (χ2v) is 17.3. The zero-order valence-corrected chi connectivity index (χ0v) is 35.9. The van der Waals surface area contributed by atoms with Crippen LogP contribution >= 0.6 is 0 Å². The van der Waals surface area contributed by atoms with Crippen LogP contribution in [0.25, 0.3) is 44.2 Å². The third-order valence-electron chi connectivity index (χ3n) is 13.6. The molecule has 0 bridgehead atoms. The number of fused-ring (bicyclic) bond motifs is 5. The van der Waals surface area contributed by atoms with Gasteiger partial charge in [0.1, 0.15) is 0 Å². The summed E-state index contributed by atoms with van der Waals surface area (Å²) in [5.41, 5.74) is 22.3. The van der Waals surface area contributed by atoms with Gasteiger partial charge in [0.05, 0.1) is 11.1 Å². The molecule has 0 atom stereocenters. The van der Waals surface area contributed by atoms with Crippen LogP contribution < -0.4 is 21.1 Å². The largest absolute Gasteiger partial charge is 0.355 e. The van der Waals surface area contributed by atoms with E-state index in [-0.39, 0.29) is 0 Å². The minimum Gasteiger partial charge on any atom is -0.355 e. The van der Waals surface area contributed by atoms with E-state index in [1.165, 1.54) is 100.0 Å². The number of hydrogen-bond acceptors (Lipinski definition) is 2. The van der Waals surface area contributed by atoms with Crippen molar-refractivity contribution in [3.63, 3.8) is 0 Å². The van der Waals surface area contributed by atoms with Crippen LogP contribution in [0.15, 0.2) is 224 Å². The smallest absolute Gasteiger partial charge is 0.197 e. The molecule has 10 aromatic carbocycles. The molecule has 0 spiro atoms. The van der Waals surface area contributed by atoms with Crippen LogP contribution in [-0.2, 0) is 5.41 Å². The van der Waals surface area contributed by atoms with E-state index in [4.69, 9.17) is 0 Å². The zero-order valence-electron chi connectivity index (χ0n) is 35.9. The van der Waals surface area contributed by atoms with Crippen LogP contribution in [0.2, 0.25) is 0 Å². The van der Waals surface area contributed by atoms with E-state index in [2.05, 4.69) is 256 Å². The van der Waals surface area contributed by atoms with Crippen LogP contribution in [0.5, 0.6) is 0 Å². The van der Waals surface area contributed by atoms with Crippen LogP contribution in [0.4, 0.5) is 28.4 Å². The van der Waals surface area contributed by atoms with Gasteiger partial charge in [0.25, 0.3) is 0 Å². The van der Waals surface area contributed by atoms with Crippen molar-refractivity contribution in [2.24, 2.45) is 0 Å². The first-order valence-electron chi connectivity index (χ1n) is 22.3. The van der Waals surface area contributed by atoms with Gasteiger partial charge in [-0.25, -0.2) is 0 Å². The normalized spacial score (nSPS) is 13.1. The number of rotatable bonds is 7. The molecule has 12 rings (SSSR count). The third kappa shape index (κ3) is 5.96. The van der Waals surface area contributed by atoms with Gasteiger partial charge in [-0.1, -0.05) is 187 Å². The van der Waals surface area contributed by atoms with Crippen LogP contribution in [-0.4, -0.2) is 7.28 Å². The Morgan fingerprint density at radius 1 is 0.438 bits per heavy atom. The molecule has 0 unspecified atom stereocenters. The van der Waals surface area contributed by atoms with E-state index in [1.807, 2.05) is 0 Å². The Morgan fingerprint density at radius 3 is 1.72 bits per heavy atom. The van der Waals surface area contributed by atoms with Gasteiger partial charge in [-0.15, -0.1) is 0 Å². The molecular weight excluding hydrogens is 771 g/mol. The number of nitrogens with zero attached hydrogens (tertiary/aromatic N) is 1. The van der Waals surface area contributed by atoms with Crippen molar-refractivity contribution in [1.82, 2.24) is 0 Å². The van der Waals surface area contributed by atoms with Gasteiger partial charge in [0.15, 0.2) is 7.28 Å². The highest BCUT2D eigenvalue weighted by atomic mass is 15.2. The Hall–Kier alpha value is -7.88. The van der Waals surface area contributed by atoms with Gasteiger partial charge in [-0.2, -0.15) is 0 Å². The number of anilines is 5. The SMILES string of the molecule is Cc1cccc(C)c1-c1cc(-c2cc3ccccc3cc2Nc2ccc(-c3ccccc3)cc2)c2c(c1)N1c3ccccc3C(c3ccccc3)(c3ccccc3)c3cccc(c31)[B]2. The molecule has 1 radical (unpaired) electrons. The summed E-state index contributed by atoms with van der Waals surface area (Å²) in [5.74, 6) is 0. The monoisotopic (exact) mass is 815 g/mol. The molecule has 0 aromatic heterocycles. The molecule has 3 heteroatoms. The molecule has 10 aromatic rings. The first-order valence-corrected chi connectivity index (χ1v) is 22.3. The number of nitrogens with one attached hydrogen (secondary N) is 1. The Bertz CT molecular complexity index is 3340. The lowest BCUT2D eigenvalue weighted by atomic mass is 9.54. The molecule has 0 amide bonds. The number of hydrogen-bond donors (Lipinski definition) is 1. The summed E-state index contributed by atoms with van der Waals surface area (Å²) in [5, 5.41) is 6.32. The lowest BCUT2D eigenvalue weighted by molar-refractivity contribution is 0.732. The third-order valence-corrected chi connectivity index (χ3v) is 13.6. The molecule has 301 valence electrons. The average molecular weight is 816 g/mol. The van der Waals surface area contributed by atoms with Crippen molar-refractivity contribution in [3.05, 3.63) is 258 Å². The molecular formula is C61H44BN2. The summed E-state index contributed by atoms with van der Waals surface area (Å²) in [6.07, 6.45) is 0. The van der Waals surface area contributed by atoms with Crippen molar-refractivity contribution < 1.29 is 0 Å². The Balaban J connectivity index is 1.13. The molecule has 2 heterocycles. The molecule has 2 aliphatic rings. The van der Waals surface area contributed by atoms with E-state index in [9.17, 15) is 0 Å². The lowest BCUT2D eigenvalue weighted by Crippen LogP contribution is -2.47. The maximum absolute atomic E-state index is 3.93. The molecule has 2 nitrogen and oxygen atoms in total. The fourth-order valence-corrected chi connectivity index (χ4v) is 10.8. The number of benzene rings is 10. The quantitative estimate of drug-likeness (QED) is 0.161. The molecule has 0 saturated carbocycles.